The summed E-state index contributed by atoms with van der Waals surface area (Å²) in [6.45, 7) is 2.84. The number of carbonyl (C=O) groups excluding carboxylic acids is 1. The Morgan fingerprint density at radius 3 is 2.50 bits per heavy atom. The van der Waals surface area contributed by atoms with Gasteiger partial charge in [0.25, 0.3) is 0 Å². The van der Waals surface area contributed by atoms with Crippen LogP contribution in [0.3, 0.4) is 0 Å². The molecule has 0 radical (unpaired) electrons. The van der Waals surface area contributed by atoms with Gasteiger partial charge in [-0.1, -0.05) is 29.3 Å². The van der Waals surface area contributed by atoms with Crippen LogP contribution in [0.5, 0.6) is 0 Å². The highest BCUT2D eigenvalue weighted by Gasteiger charge is 2.18. The van der Waals surface area contributed by atoms with E-state index in [-0.39, 0.29) is 18.3 Å². The first-order valence-corrected chi connectivity index (χ1v) is 7.98. The largest absolute Gasteiger partial charge is 0.324 e. The van der Waals surface area contributed by atoms with E-state index in [0.717, 1.165) is 32.5 Å². The monoisotopic (exact) mass is 365 g/mol. The summed E-state index contributed by atoms with van der Waals surface area (Å²) in [5, 5.41) is 7.06. The number of piperidine rings is 1. The van der Waals surface area contributed by atoms with Crippen LogP contribution in [0.25, 0.3) is 0 Å². The van der Waals surface area contributed by atoms with Crippen LogP contribution in [-0.4, -0.2) is 43.5 Å². The number of halogens is 3. The number of nitrogens with zero attached hydrogens (tertiary/aromatic N) is 1. The van der Waals surface area contributed by atoms with Crippen molar-refractivity contribution in [1.82, 2.24) is 10.2 Å². The second-order valence-electron chi connectivity index (χ2n) is 5.36. The molecule has 1 aromatic carbocycles. The lowest BCUT2D eigenvalue weighted by Crippen LogP contribution is -2.42. The topological polar surface area (TPSA) is 44.4 Å². The van der Waals surface area contributed by atoms with Crippen molar-refractivity contribution in [3.63, 3.8) is 0 Å². The Morgan fingerprint density at radius 1 is 1.32 bits per heavy atom. The molecule has 0 aromatic heterocycles. The van der Waals surface area contributed by atoms with E-state index in [4.69, 9.17) is 23.2 Å². The Morgan fingerprint density at radius 2 is 1.91 bits per heavy atom. The Kier molecular flexibility index (Phi) is 8.50. The Labute approximate surface area is 147 Å². The van der Waals surface area contributed by atoms with E-state index in [2.05, 4.69) is 22.6 Å². The molecule has 22 heavy (non-hydrogen) atoms. The number of para-hydroxylation sites is 1. The minimum Gasteiger partial charge on any atom is -0.324 e. The molecule has 0 unspecified atom stereocenters. The first-order valence-electron chi connectivity index (χ1n) is 7.22. The van der Waals surface area contributed by atoms with Crippen LogP contribution >= 0.6 is 35.6 Å². The Bertz CT molecular complexity index is 473. The lowest BCUT2D eigenvalue weighted by Gasteiger charge is -2.31. The van der Waals surface area contributed by atoms with Crippen molar-refractivity contribution >= 4 is 47.2 Å². The van der Waals surface area contributed by atoms with Gasteiger partial charge in [0.2, 0.25) is 5.91 Å². The maximum absolute atomic E-state index is 12.0. The van der Waals surface area contributed by atoms with Gasteiger partial charge >= 0.3 is 0 Å². The third-order valence-corrected chi connectivity index (χ3v) is 4.48. The average molecular weight is 367 g/mol. The number of hydrogen-bond donors (Lipinski definition) is 2. The van der Waals surface area contributed by atoms with Crippen molar-refractivity contribution in [1.29, 1.82) is 0 Å². The molecule has 0 atom stereocenters. The molecule has 0 saturated carbocycles. The van der Waals surface area contributed by atoms with Crippen LogP contribution in [0, 0.1) is 0 Å². The van der Waals surface area contributed by atoms with Gasteiger partial charge in [-0.25, -0.2) is 0 Å². The lowest BCUT2D eigenvalue weighted by atomic mass is 10.1. The number of amides is 1. The van der Waals surface area contributed by atoms with Crippen LogP contribution in [0.2, 0.25) is 10.0 Å². The second kappa shape index (κ2) is 9.58. The van der Waals surface area contributed by atoms with Gasteiger partial charge in [0.1, 0.15) is 0 Å². The molecule has 4 nitrogen and oxygen atoms in total. The van der Waals surface area contributed by atoms with Crippen LogP contribution in [0.1, 0.15) is 19.3 Å². The summed E-state index contributed by atoms with van der Waals surface area (Å²) in [7, 11) is 2.08. The van der Waals surface area contributed by atoms with Crippen molar-refractivity contribution in [2.45, 2.75) is 25.3 Å². The zero-order chi connectivity index (χ0) is 15.2. The fraction of sp³-hybridized carbons (Fsp3) is 0.533. The third-order valence-electron chi connectivity index (χ3n) is 3.85. The van der Waals surface area contributed by atoms with Gasteiger partial charge < -0.3 is 15.5 Å². The van der Waals surface area contributed by atoms with Gasteiger partial charge in [0, 0.05) is 19.0 Å². The molecule has 0 spiro atoms. The SMILES string of the molecule is CN(CCC(=O)Nc1c(Cl)cccc1Cl)C1CCNCC1.Cl. The van der Waals surface area contributed by atoms with E-state index in [1.54, 1.807) is 18.2 Å². The number of rotatable bonds is 5. The third kappa shape index (κ3) is 5.60. The lowest BCUT2D eigenvalue weighted by molar-refractivity contribution is -0.116. The molecule has 1 heterocycles. The molecule has 1 aliphatic rings. The maximum atomic E-state index is 12.0. The van der Waals surface area contributed by atoms with E-state index in [0.29, 0.717) is 28.2 Å². The van der Waals surface area contributed by atoms with Crippen LogP contribution in [-0.2, 0) is 4.79 Å². The zero-order valence-electron chi connectivity index (χ0n) is 12.6. The van der Waals surface area contributed by atoms with Crippen molar-refractivity contribution in [2.24, 2.45) is 0 Å². The van der Waals surface area contributed by atoms with Crippen molar-refractivity contribution in [2.75, 3.05) is 32.0 Å². The van der Waals surface area contributed by atoms with Gasteiger partial charge in [0.05, 0.1) is 15.7 Å². The van der Waals surface area contributed by atoms with E-state index in [1.165, 1.54) is 0 Å². The van der Waals surface area contributed by atoms with E-state index < -0.39 is 0 Å². The highest BCUT2D eigenvalue weighted by Crippen LogP contribution is 2.29. The predicted octanol–water partition coefficient (Wildman–Crippen LogP) is 3.43. The van der Waals surface area contributed by atoms with Gasteiger partial charge in [-0.05, 0) is 45.1 Å². The highest BCUT2D eigenvalue weighted by atomic mass is 35.5. The molecule has 1 amide bonds. The zero-order valence-corrected chi connectivity index (χ0v) is 14.9. The first-order chi connectivity index (χ1) is 10.1. The number of nitrogens with one attached hydrogen (secondary N) is 2. The summed E-state index contributed by atoms with van der Waals surface area (Å²) in [5.41, 5.74) is 0.496. The van der Waals surface area contributed by atoms with Gasteiger partial charge in [-0.2, -0.15) is 0 Å². The Balaban J connectivity index is 0.00000242. The molecule has 1 aliphatic heterocycles. The summed E-state index contributed by atoms with van der Waals surface area (Å²) in [5.74, 6) is -0.0641. The second-order valence-corrected chi connectivity index (χ2v) is 6.17. The standard InChI is InChI=1S/C15H21Cl2N3O.ClH/c1-20(11-5-8-18-9-6-11)10-7-14(21)19-15-12(16)3-2-4-13(15)17;/h2-4,11,18H,5-10H2,1H3,(H,19,21);1H. The van der Waals surface area contributed by atoms with Crippen molar-refractivity contribution in [3.8, 4) is 0 Å². The highest BCUT2D eigenvalue weighted by molar-refractivity contribution is 6.39. The molecule has 1 fully saturated rings. The van der Waals surface area contributed by atoms with E-state index >= 15 is 0 Å². The van der Waals surface area contributed by atoms with Crippen molar-refractivity contribution < 1.29 is 4.79 Å². The molecular weight excluding hydrogens is 345 g/mol. The number of benzene rings is 1. The molecule has 0 bridgehead atoms. The number of anilines is 1. The van der Waals surface area contributed by atoms with E-state index in [1.807, 2.05) is 0 Å². The summed E-state index contributed by atoms with van der Waals surface area (Å²) in [4.78, 5) is 14.3. The molecule has 2 N–H and O–H groups in total. The molecule has 124 valence electrons. The summed E-state index contributed by atoms with van der Waals surface area (Å²) < 4.78 is 0. The minimum absolute atomic E-state index is 0. The number of carbonyl (C=O) groups is 1. The Hall–Kier alpha value is -0.520. The average Bonchev–Trinajstić information content (AvgIpc) is 2.49. The first kappa shape index (κ1) is 19.5. The quantitative estimate of drug-likeness (QED) is 0.839. The summed E-state index contributed by atoms with van der Waals surface area (Å²) in [6, 6.07) is 5.74. The van der Waals surface area contributed by atoms with Crippen LogP contribution in [0.15, 0.2) is 18.2 Å². The van der Waals surface area contributed by atoms with Crippen molar-refractivity contribution in [3.05, 3.63) is 28.2 Å². The fourth-order valence-corrected chi connectivity index (χ4v) is 3.02. The summed E-state index contributed by atoms with van der Waals surface area (Å²) >= 11 is 12.1. The molecule has 0 aliphatic carbocycles. The smallest absolute Gasteiger partial charge is 0.225 e. The summed E-state index contributed by atoms with van der Waals surface area (Å²) in [6.07, 6.45) is 2.70. The van der Waals surface area contributed by atoms with Crippen LogP contribution in [0.4, 0.5) is 5.69 Å². The van der Waals surface area contributed by atoms with Crippen LogP contribution < -0.4 is 10.6 Å². The molecule has 1 aromatic rings. The molecule has 2 rings (SSSR count). The fourth-order valence-electron chi connectivity index (χ4n) is 2.53. The van der Waals surface area contributed by atoms with Gasteiger partial charge in [0.15, 0.2) is 0 Å². The molecular formula is C15H22Cl3N3O. The van der Waals surface area contributed by atoms with Gasteiger partial charge in [-0.15, -0.1) is 12.4 Å². The maximum Gasteiger partial charge on any atom is 0.225 e. The minimum atomic E-state index is -0.0641. The number of hydrogen-bond acceptors (Lipinski definition) is 3. The molecule has 1 saturated heterocycles. The molecule has 7 heteroatoms. The van der Waals surface area contributed by atoms with E-state index in [9.17, 15) is 4.79 Å². The normalized spacial score (nSPS) is 15.5. The van der Waals surface area contributed by atoms with Gasteiger partial charge in [-0.3, -0.25) is 4.79 Å². The predicted molar refractivity (Wildman–Crippen MR) is 95.5 cm³/mol.